The number of aromatic nitrogens is 4. The molecule has 4 heterocycles. The van der Waals surface area contributed by atoms with Crippen molar-refractivity contribution < 1.29 is 0 Å². The molecule has 0 unspecified atom stereocenters. The third-order valence-corrected chi connectivity index (χ3v) is 5.91. The number of piperazine rings is 1. The Hall–Kier alpha value is -3.00. The average molecular weight is 392 g/mol. The Bertz CT molecular complexity index is 1160. The second-order valence-corrected chi connectivity index (χ2v) is 7.74. The lowest BCUT2D eigenvalue weighted by molar-refractivity contribution is 0.242. The number of pyridine rings is 1. The fraction of sp³-hybridized carbons (Fsp3) is 0.429. The van der Waals surface area contributed by atoms with E-state index in [0.717, 1.165) is 69.1 Å². The van der Waals surface area contributed by atoms with Crippen molar-refractivity contribution in [2.45, 2.75) is 25.8 Å². The number of rotatable bonds is 4. The summed E-state index contributed by atoms with van der Waals surface area (Å²) in [6.45, 7) is 4.77. The predicted octanol–water partition coefficient (Wildman–Crippen LogP) is 0.562. The van der Waals surface area contributed by atoms with E-state index in [2.05, 4.69) is 19.9 Å². The summed E-state index contributed by atoms with van der Waals surface area (Å²) in [5.74, 6) is 0.734. The second-order valence-electron chi connectivity index (χ2n) is 7.74. The van der Waals surface area contributed by atoms with Crippen LogP contribution < -0.4 is 16.0 Å². The standard InChI is InChI=1S/C21H24N6O2/c28-20-15-19(22-18-6-1-2-7-26(18)20)25-11-8-24(9-12-25)10-13-27-21(29)14-16-4-3-5-17(16)23-27/h1-2,6-7,14-15H,3-5,8-13H2. The summed E-state index contributed by atoms with van der Waals surface area (Å²) in [6.07, 6.45) is 4.79. The first-order chi connectivity index (χ1) is 14.2. The number of nitrogens with zero attached hydrogens (tertiary/aromatic N) is 6. The SMILES string of the molecule is O=c1cc2c(nn1CCN1CCN(c3cc(=O)n4ccccc4n3)CC1)CCC2. The molecule has 0 bridgehead atoms. The van der Waals surface area contributed by atoms with Crippen LogP contribution in [0.3, 0.4) is 0 Å². The van der Waals surface area contributed by atoms with Gasteiger partial charge in [-0.2, -0.15) is 5.10 Å². The van der Waals surface area contributed by atoms with Crippen molar-refractivity contribution in [3.63, 3.8) is 0 Å². The van der Waals surface area contributed by atoms with E-state index in [1.165, 1.54) is 0 Å². The summed E-state index contributed by atoms with van der Waals surface area (Å²) in [4.78, 5) is 33.7. The summed E-state index contributed by atoms with van der Waals surface area (Å²) in [7, 11) is 0. The Balaban J connectivity index is 1.22. The van der Waals surface area contributed by atoms with Crippen molar-refractivity contribution in [3.8, 4) is 0 Å². The van der Waals surface area contributed by atoms with Gasteiger partial charge in [0.15, 0.2) is 0 Å². The lowest BCUT2D eigenvalue weighted by Gasteiger charge is -2.35. The predicted molar refractivity (Wildman–Crippen MR) is 111 cm³/mol. The maximum absolute atomic E-state index is 12.3. The van der Waals surface area contributed by atoms with E-state index in [4.69, 9.17) is 0 Å². The molecule has 1 saturated heterocycles. The molecule has 1 fully saturated rings. The Kier molecular flexibility index (Phi) is 4.63. The van der Waals surface area contributed by atoms with Crippen molar-refractivity contribution in [1.82, 2.24) is 24.1 Å². The van der Waals surface area contributed by atoms with Crippen LogP contribution in [-0.2, 0) is 19.4 Å². The molecule has 5 rings (SSSR count). The molecular weight excluding hydrogens is 368 g/mol. The molecule has 1 aliphatic heterocycles. The van der Waals surface area contributed by atoms with Gasteiger partial charge in [0.1, 0.15) is 11.5 Å². The Morgan fingerprint density at radius 3 is 2.66 bits per heavy atom. The van der Waals surface area contributed by atoms with Crippen LogP contribution in [0, 0.1) is 0 Å². The zero-order chi connectivity index (χ0) is 19.8. The van der Waals surface area contributed by atoms with E-state index in [9.17, 15) is 9.59 Å². The summed E-state index contributed by atoms with van der Waals surface area (Å²) in [5, 5.41) is 4.56. The zero-order valence-electron chi connectivity index (χ0n) is 16.3. The summed E-state index contributed by atoms with van der Waals surface area (Å²) < 4.78 is 3.17. The van der Waals surface area contributed by atoms with Crippen LogP contribution in [0.15, 0.2) is 46.1 Å². The van der Waals surface area contributed by atoms with E-state index in [0.29, 0.717) is 12.2 Å². The van der Waals surface area contributed by atoms with Crippen LogP contribution in [0.4, 0.5) is 5.82 Å². The normalized spacial score (nSPS) is 17.0. The van der Waals surface area contributed by atoms with E-state index >= 15 is 0 Å². The molecule has 0 N–H and O–H groups in total. The van der Waals surface area contributed by atoms with Crippen molar-refractivity contribution in [2.24, 2.45) is 0 Å². The molecule has 8 heteroatoms. The molecule has 0 saturated carbocycles. The summed E-state index contributed by atoms with van der Waals surface area (Å²) in [6, 6.07) is 8.94. The van der Waals surface area contributed by atoms with E-state index < -0.39 is 0 Å². The van der Waals surface area contributed by atoms with Crippen molar-refractivity contribution in [1.29, 1.82) is 0 Å². The van der Waals surface area contributed by atoms with Crippen molar-refractivity contribution in [2.75, 3.05) is 37.6 Å². The monoisotopic (exact) mass is 392 g/mol. The first-order valence-electron chi connectivity index (χ1n) is 10.2. The van der Waals surface area contributed by atoms with Gasteiger partial charge in [0.2, 0.25) is 0 Å². The fourth-order valence-corrected chi connectivity index (χ4v) is 4.24. The first kappa shape index (κ1) is 18.1. The Morgan fingerprint density at radius 2 is 1.79 bits per heavy atom. The van der Waals surface area contributed by atoms with E-state index in [1.807, 2.05) is 18.2 Å². The molecule has 2 aliphatic rings. The van der Waals surface area contributed by atoms with Crippen LogP contribution in [0.25, 0.3) is 5.65 Å². The van der Waals surface area contributed by atoms with Gasteiger partial charge in [0.05, 0.1) is 12.2 Å². The fourth-order valence-electron chi connectivity index (χ4n) is 4.24. The highest BCUT2D eigenvalue weighted by Gasteiger charge is 2.20. The van der Waals surface area contributed by atoms with Gasteiger partial charge in [-0.1, -0.05) is 6.07 Å². The zero-order valence-corrected chi connectivity index (χ0v) is 16.3. The highest BCUT2D eigenvalue weighted by atomic mass is 16.1. The number of hydrogen-bond donors (Lipinski definition) is 0. The van der Waals surface area contributed by atoms with Crippen molar-refractivity contribution in [3.05, 3.63) is 68.5 Å². The molecule has 1 aliphatic carbocycles. The minimum atomic E-state index is -0.0601. The van der Waals surface area contributed by atoms with Crippen molar-refractivity contribution >= 4 is 11.5 Å². The highest BCUT2D eigenvalue weighted by molar-refractivity contribution is 5.48. The topological polar surface area (TPSA) is 75.7 Å². The van der Waals surface area contributed by atoms with Crippen LogP contribution in [0.2, 0.25) is 0 Å². The largest absolute Gasteiger partial charge is 0.354 e. The number of hydrogen-bond acceptors (Lipinski definition) is 6. The van der Waals surface area contributed by atoms with Crippen LogP contribution in [0.1, 0.15) is 17.7 Å². The van der Waals surface area contributed by atoms with Gasteiger partial charge >= 0.3 is 0 Å². The van der Waals surface area contributed by atoms with E-state index in [-0.39, 0.29) is 11.1 Å². The van der Waals surface area contributed by atoms with Crippen LogP contribution in [-0.4, -0.2) is 56.8 Å². The Morgan fingerprint density at radius 1 is 0.931 bits per heavy atom. The van der Waals surface area contributed by atoms with E-state index in [1.54, 1.807) is 27.4 Å². The molecule has 3 aromatic rings. The van der Waals surface area contributed by atoms with Gasteiger partial charge in [0, 0.05) is 51.1 Å². The molecule has 3 aromatic heterocycles. The maximum Gasteiger partial charge on any atom is 0.267 e. The average Bonchev–Trinajstić information content (AvgIpc) is 3.19. The quantitative estimate of drug-likeness (QED) is 0.646. The van der Waals surface area contributed by atoms with Gasteiger partial charge in [-0.05, 0) is 37.0 Å². The third-order valence-electron chi connectivity index (χ3n) is 5.91. The molecular formula is C21H24N6O2. The third kappa shape index (κ3) is 3.55. The van der Waals surface area contributed by atoms with Gasteiger partial charge < -0.3 is 4.90 Å². The minimum absolute atomic E-state index is 0.00475. The Labute approximate surface area is 168 Å². The molecule has 0 radical (unpaired) electrons. The molecule has 0 aromatic carbocycles. The van der Waals surface area contributed by atoms with Gasteiger partial charge in [-0.15, -0.1) is 0 Å². The molecule has 0 amide bonds. The van der Waals surface area contributed by atoms with Gasteiger partial charge in [0.25, 0.3) is 11.1 Å². The summed E-state index contributed by atoms with van der Waals surface area (Å²) in [5.41, 5.74) is 2.82. The lowest BCUT2D eigenvalue weighted by atomic mass is 10.2. The van der Waals surface area contributed by atoms with Crippen LogP contribution >= 0.6 is 0 Å². The maximum atomic E-state index is 12.3. The first-order valence-corrected chi connectivity index (χ1v) is 10.2. The molecule has 150 valence electrons. The second kappa shape index (κ2) is 7.44. The molecule has 8 nitrogen and oxygen atoms in total. The van der Waals surface area contributed by atoms with Gasteiger partial charge in [-0.3, -0.25) is 18.9 Å². The van der Waals surface area contributed by atoms with Gasteiger partial charge in [-0.25, -0.2) is 9.67 Å². The van der Waals surface area contributed by atoms with Crippen LogP contribution in [0.5, 0.6) is 0 Å². The molecule has 29 heavy (non-hydrogen) atoms. The molecule has 0 spiro atoms. The summed E-state index contributed by atoms with van der Waals surface area (Å²) >= 11 is 0. The highest BCUT2D eigenvalue weighted by Crippen LogP contribution is 2.17. The smallest absolute Gasteiger partial charge is 0.267 e. The lowest BCUT2D eigenvalue weighted by Crippen LogP contribution is -2.48. The minimum Gasteiger partial charge on any atom is -0.354 e. The number of aryl methyl sites for hydroxylation is 2. The molecule has 0 atom stereocenters. The number of fused-ring (bicyclic) bond motifs is 2. The number of anilines is 1.